The average molecular weight is 325 g/mol. The normalized spacial score (nSPS) is 15.2. The first kappa shape index (κ1) is 16.1. The Hall–Kier alpha value is -2.76. The molecule has 3 rings (SSSR count). The summed E-state index contributed by atoms with van der Waals surface area (Å²) in [5.74, 6) is -0.175. The number of rotatable bonds is 4. The van der Waals surface area contributed by atoms with Gasteiger partial charge in [0.15, 0.2) is 5.78 Å². The molecule has 6 nitrogen and oxygen atoms in total. The van der Waals surface area contributed by atoms with Crippen molar-refractivity contribution in [2.75, 3.05) is 5.73 Å². The lowest BCUT2D eigenvalue weighted by Crippen LogP contribution is -2.19. The molecule has 0 radical (unpaired) electrons. The molecule has 0 atom stereocenters. The summed E-state index contributed by atoms with van der Waals surface area (Å²) in [6.45, 7) is 0. The Labute approximate surface area is 139 Å². The van der Waals surface area contributed by atoms with Gasteiger partial charge in [0.25, 0.3) is 5.69 Å². The number of pyridine rings is 1. The third kappa shape index (κ3) is 3.13. The van der Waals surface area contributed by atoms with Gasteiger partial charge in [-0.2, -0.15) is 0 Å². The maximum atomic E-state index is 12.9. The van der Waals surface area contributed by atoms with E-state index in [-0.39, 0.29) is 28.6 Å². The third-order valence-electron chi connectivity index (χ3n) is 4.59. The molecule has 0 spiro atoms. The highest BCUT2D eigenvalue weighted by Crippen LogP contribution is 2.35. The van der Waals surface area contributed by atoms with Crippen molar-refractivity contribution in [2.45, 2.75) is 32.1 Å². The van der Waals surface area contributed by atoms with Gasteiger partial charge in [-0.3, -0.25) is 19.9 Å². The second-order valence-corrected chi connectivity index (χ2v) is 6.15. The van der Waals surface area contributed by atoms with Crippen molar-refractivity contribution in [3.8, 4) is 11.1 Å². The Morgan fingerprint density at radius 2 is 1.96 bits per heavy atom. The number of nitro groups is 1. The van der Waals surface area contributed by atoms with Crippen molar-refractivity contribution in [1.82, 2.24) is 4.98 Å². The first-order valence-electron chi connectivity index (χ1n) is 8.10. The smallest absolute Gasteiger partial charge is 0.293 e. The van der Waals surface area contributed by atoms with Crippen molar-refractivity contribution < 1.29 is 9.72 Å². The van der Waals surface area contributed by atoms with Crippen molar-refractivity contribution in [1.29, 1.82) is 0 Å². The number of carbonyl (C=O) groups excluding carboxylic acids is 1. The van der Waals surface area contributed by atoms with Crippen LogP contribution in [0.4, 0.5) is 11.4 Å². The van der Waals surface area contributed by atoms with Crippen LogP contribution < -0.4 is 5.73 Å². The summed E-state index contributed by atoms with van der Waals surface area (Å²) in [6, 6.07) is 6.62. The lowest BCUT2D eigenvalue weighted by molar-refractivity contribution is -0.383. The number of nitrogens with two attached hydrogens (primary N) is 1. The number of Topliss-reactive ketones (excluding diaryl/α,β-unsaturated/α-hetero) is 1. The maximum Gasteiger partial charge on any atom is 0.293 e. The number of ketones is 1. The molecule has 1 heterocycles. The van der Waals surface area contributed by atoms with E-state index in [1.807, 2.05) is 0 Å². The van der Waals surface area contributed by atoms with E-state index in [2.05, 4.69) is 4.98 Å². The highest BCUT2D eigenvalue weighted by Gasteiger charge is 2.28. The van der Waals surface area contributed by atoms with Gasteiger partial charge in [-0.25, -0.2) is 0 Å². The summed E-state index contributed by atoms with van der Waals surface area (Å²) in [6.07, 6.45) is 8.05. The highest BCUT2D eigenvalue weighted by molar-refractivity contribution is 6.05. The van der Waals surface area contributed by atoms with Crippen LogP contribution in [0.15, 0.2) is 36.7 Å². The molecule has 1 aromatic heterocycles. The van der Waals surface area contributed by atoms with E-state index < -0.39 is 4.92 Å². The molecule has 1 fully saturated rings. The van der Waals surface area contributed by atoms with Gasteiger partial charge in [-0.05, 0) is 30.5 Å². The van der Waals surface area contributed by atoms with Gasteiger partial charge in [0.05, 0.1) is 4.92 Å². The number of carbonyl (C=O) groups is 1. The molecule has 1 aliphatic carbocycles. The minimum absolute atomic E-state index is 0.0387. The molecule has 24 heavy (non-hydrogen) atoms. The van der Waals surface area contributed by atoms with Gasteiger partial charge in [-0.15, -0.1) is 0 Å². The van der Waals surface area contributed by atoms with E-state index in [4.69, 9.17) is 5.73 Å². The lowest BCUT2D eigenvalue weighted by atomic mass is 9.83. The minimum atomic E-state index is -0.535. The molecule has 1 aromatic carbocycles. The molecule has 0 saturated heterocycles. The van der Waals surface area contributed by atoms with Crippen molar-refractivity contribution >= 4 is 17.2 Å². The summed E-state index contributed by atoms with van der Waals surface area (Å²) in [5.41, 5.74) is 7.26. The number of nitrogens with zero attached hydrogens (tertiary/aromatic N) is 2. The monoisotopic (exact) mass is 325 g/mol. The van der Waals surface area contributed by atoms with Crippen molar-refractivity contribution in [2.24, 2.45) is 5.92 Å². The van der Waals surface area contributed by atoms with Gasteiger partial charge >= 0.3 is 0 Å². The Morgan fingerprint density at radius 3 is 2.58 bits per heavy atom. The topological polar surface area (TPSA) is 99.1 Å². The number of hydrogen-bond donors (Lipinski definition) is 1. The fraction of sp³-hybridized carbons (Fsp3) is 0.333. The van der Waals surface area contributed by atoms with Crippen LogP contribution >= 0.6 is 0 Å². The maximum absolute atomic E-state index is 12.9. The van der Waals surface area contributed by atoms with Gasteiger partial charge < -0.3 is 5.73 Å². The largest absolute Gasteiger partial charge is 0.393 e. The quantitative estimate of drug-likeness (QED) is 0.396. The Morgan fingerprint density at radius 1 is 1.21 bits per heavy atom. The van der Waals surface area contributed by atoms with Gasteiger partial charge in [0, 0.05) is 35.5 Å². The molecule has 0 amide bonds. The fourth-order valence-corrected chi connectivity index (χ4v) is 3.28. The fourth-order valence-electron chi connectivity index (χ4n) is 3.28. The first-order valence-corrected chi connectivity index (χ1v) is 8.10. The molecule has 1 aliphatic rings. The molecule has 0 aliphatic heterocycles. The summed E-state index contributed by atoms with van der Waals surface area (Å²) < 4.78 is 0. The number of nitro benzene ring substituents is 1. The van der Waals surface area contributed by atoms with Crippen LogP contribution in [0.3, 0.4) is 0 Å². The van der Waals surface area contributed by atoms with E-state index in [9.17, 15) is 14.9 Å². The number of anilines is 1. The van der Waals surface area contributed by atoms with Crippen LogP contribution in [0.2, 0.25) is 0 Å². The van der Waals surface area contributed by atoms with E-state index in [0.717, 1.165) is 37.7 Å². The second kappa shape index (κ2) is 6.78. The number of aromatic nitrogens is 1. The SMILES string of the molecule is Nc1c(C(=O)C2CCCCC2)cc(-c2cccnc2)cc1[N+](=O)[O-]. The zero-order valence-corrected chi connectivity index (χ0v) is 13.3. The second-order valence-electron chi connectivity index (χ2n) is 6.15. The van der Waals surface area contributed by atoms with Crippen molar-refractivity contribution in [3.63, 3.8) is 0 Å². The van der Waals surface area contributed by atoms with Crippen molar-refractivity contribution in [3.05, 3.63) is 52.3 Å². The molecule has 6 heteroatoms. The third-order valence-corrected chi connectivity index (χ3v) is 4.59. The highest BCUT2D eigenvalue weighted by atomic mass is 16.6. The number of nitrogen functional groups attached to an aromatic ring is 1. The standard InChI is InChI=1S/C18H19N3O3/c19-17-15(18(22)12-5-2-1-3-6-12)9-14(10-16(17)21(23)24)13-7-4-8-20-11-13/h4,7-12H,1-3,5-6,19H2. The Kier molecular flexibility index (Phi) is 4.55. The zero-order chi connectivity index (χ0) is 17.1. The summed E-state index contributed by atoms with van der Waals surface area (Å²) in [5, 5.41) is 11.4. The molecule has 1 saturated carbocycles. The van der Waals surface area contributed by atoms with E-state index >= 15 is 0 Å². The minimum Gasteiger partial charge on any atom is -0.393 e. The van der Waals surface area contributed by atoms with Crippen LogP contribution in [0.1, 0.15) is 42.5 Å². The van der Waals surface area contributed by atoms with Crippen LogP contribution in [0.25, 0.3) is 11.1 Å². The van der Waals surface area contributed by atoms with E-state index in [0.29, 0.717) is 5.56 Å². The van der Waals surface area contributed by atoms with E-state index in [1.165, 1.54) is 6.07 Å². The van der Waals surface area contributed by atoms with Gasteiger partial charge in [-0.1, -0.05) is 25.3 Å². The zero-order valence-electron chi connectivity index (χ0n) is 13.3. The molecular formula is C18H19N3O3. The molecule has 0 unspecified atom stereocenters. The molecule has 2 N–H and O–H groups in total. The van der Waals surface area contributed by atoms with Crippen LogP contribution in [0.5, 0.6) is 0 Å². The lowest BCUT2D eigenvalue weighted by Gasteiger charge is -2.21. The molecule has 2 aromatic rings. The molecular weight excluding hydrogens is 306 g/mol. The van der Waals surface area contributed by atoms with Gasteiger partial charge in [0.1, 0.15) is 5.69 Å². The Bertz CT molecular complexity index is 769. The van der Waals surface area contributed by atoms with Crippen LogP contribution in [-0.4, -0.2) is 15.7 Å². The van der Waals surface area contributed by atoms with Crippen LogP contribution in [0, 0.1) is 16.0 Å². The molecule has 124 valence electrons. The predicted molar refractivity (Wildman–Crippen MR) is 91.6 cm³/mol. The van der Waals surface area contributed by atoms with Gasteiger partial charge in [0.2, 0.25) is 0 Å². The summed E-state index contributed by atoms with van der Waals surface area (Å²) >= 11 is 0. The van der Waals surface area contributed by atoms with E-state index in [1.54, 1.807) is 30.6 Å². The summed E-state index contributed by atoms with van der Waals surface area (Å²) in [7, 11) is 0. The first-order chi connectivity index (χ1) is 11.6. The van der Waals surface area contributed by atoms with Crippen LogP contribution in [-0.2, 0) is 0 Å². The number of benzene rings is 1. The molecule has 0 bridgehead atoms. The average Bonchev–Trinajstić information content (AvgIpc) is 2.62. The predicted octanol–water partition coefficient (Wildman–Crippen LogP) is 4.00. The summed E-state index contributed by atoms with van der Waals surface area (Å²) in [4.78, 5) is 27.7. The Balaban J connectivity index is 2.08. The number of hydrogen-bond acceptors (Lipinski definition) is 5.